The number of carbonyl (C=O) groups excluding carboxylic acids is 1. The molecule has 0 bridgehead atoms. The van der Waals surface area contributed by atoms with Crippen molar-refractivity contribution in [2.45, 2.75) is 32.8 Å². The van der Waals surface area contributed by atoms with Crippen LogP contribution in [0.25, 0.3) is 16.8 Å². The van der Waals surface area contributed by atoms with E-state index in [0.29, 0.717) is 13.0 Å². The number of amides is 1. The van der Waals surface area contributed by atoms with Gasteiger partial charge in [0, 0.05) is 18.5 Å². The minimum absolute atomic E-state index is 0.204. The first-order valence-electron chi connectivity index (χ1n) is 13.9. The Labute approximate surface area is 246 Å². The summed E-state index contributed by atoms with van der Waals surface area (Å²) in [7, 11) is 1.63. The van der Waals surface area contributed by atoms with E-state index < -0.39 is 17.7 Å². The van der Waals surface area contributed by atoms with Gasteiger partial charge < -0.3 is 24.2 Å². The normalized spacial score (nSPS) is 11.7. The van der Waals surface area contributed by atoms with Crippen LogP contribution in [0.1, 0.15) is 42.3 Å². The zero-order valence-corrected chi connectivity index (χ0v) is 24.5. The molecule has 4 aromatic rings. The molecule has 0 fully saturated rings. The van der Waals surface area contributed by atoms with Crippen LogP contribution in [0, 0.1) is 0 Å². The second-order valence-electron chi connectivity index (χ2n) is 11.0. The molecule has 7 nitrogen and oxygen atoms in total. The quantitative estimate of drug-likeness (QED) is 0.202. The molecule has 0 aromatic heterocycles. The van der Waals surface area contributed by atoms with Gasteiger partial charge in [0.2, 0.25) is 0 Å². The maximum Gasteiger partial charge on any atom is 0.410 e. The molecule has 0 saturated heterocycles. The number of carboxylic acids is 1. The summed E-state index contributed by atoms with van der Waals surface area (Å²) in [6.07, 6.45) is 2.13. The molecule has 1 amide bonds. The Morgan fingerprint density at radius 2 is 1.57 bits per heavy atom. The van der Waals surface area contributed by atoms with Crippen molar-refractivity contribution in [1.29, 1.82) is 0 Å². The number of ether oxygens (including phenoxy) is 3. The molecule has 7 heteroatoms. The highest BCUT2D eigenvalue weighted by Crippen LogP contribution is 2.26. The lowest BCUT2D eigenvalue weighted by molar-refractivity contribution is 0.0266. The van der Waals surface area contributed by atoms with Crippen LogP contribution in [-0.4, -0.2) is 54.5 Å². The van der Waals surface area contributed by atoms with Crippen molar-refractivity contribution in [3.05, 3.63) is 113 Å². The van der Waals surface area contributed by atoms with E-state index in [1.165, 1.54) is 0 Å². The number of fused-ring (bicyclic) bond motifs is 1. The maximum atomic E-state index is 13.4. The van der Waals surface area contributed by atoms with Crippen molar-refractivity contribution in [2.75, 3.05) is 26.8 Å². The Balaban J connectivity index is 1.62. The number of rotatable bonds is 11. The van der Waals surface area contributed by atoms with Gasteiger partial charge in [-0.2, -0.15) is 0 Å². The molecule has 0 aliphatic rings. The lowest BCUT2D eigenvalue weighted by atomic mass is 10.1. The highest BCUT2D eigenvalue weighted by Gasteiger charge is 2.23. The van der Waals surface area contributed by atoms with Crippen LogP contribution in [0.2, 0.25) is 0 Å². The summed E-state index contributed by atoms with van der Waals surface area (Å²) < 4.78 is 17.4. The van der Waals surface area contributed by atoms with Crippen molar-refractivity contribution in [2.24, 2.45) is 0 Å². The number of benzene rings is 4. The van der Waals surface area contributed by atoms with E-state index in [1.807, 2.05) is 93.6 Å². The third-order valence-corrected chi connectivity index (χ3v) is 6.57. The molecule has 0 unspecified atom stereocenters. The van der Waals surface area contributed by atoms with Crippen molar-refractivity contribution in [3.63, 3.8) is 0 Å². The van der Waals surface area contributed by atoms with Gasteiger partial charge in [0.15, 0.2) is 0 Å². The fourth-order valence-electron chi connectivity index (χ4n) is 4.45. The molecule has 0 atom stereocenters. The molecule has 0 aliphatic heterocycles. The molecule has 0 aliphatic carbocycles. The highest BCUT2D eigenvalue weighted by molar-refractivity contribution is 5.88. The number of hydrogen-bond acceptors (Lipinski definition) is 5. The molecule has 218 valence electrons. The van der Waals surface area contributed by atoms with Crippen LogP contribution in [-0.2, 0) is 11.2 Å². The zero-order valence-electron chi connectivity index (χ0n) is 24.5. The molecular weight excluding hydrogens is 530 g/mol. The van der Waals surface area contributed by atoms with Gasteiger partial charge in [-0.3, -0.25) is 0 Å². The summed E-state index contributed by atoms with van der Waals surface area (Å²) in [4.78, 5) is 26.4. The summed E-state index contributed by atoms with van der Waals surface area (Å²) >= 11 is 0. The van der Waals surface area contributed by atoms with Gasteiger partial charge in [-0.1, -0.05) is 66.7 Å². The van der Waals surface area contributed by atoms with Gasteiger partial charge >= 0.3 is 12.1 Å². The SMILES string of the molecule is COc1ccc(CCN(C/C(=C/c2ccc(C(=O)O)cc2)COc2cccc3ccccc23)C(=O)OC(C)(C)C)cc1. The minimum Gasteiger partial charge on any atom is -0.497 e. The summed E-state index contributed by atoms with van der Waals surface area (Å²) in [6, 6.07) is 28.3. The molecule has 4 rings (SSSR count). The minimum atomic E-state index is -0.986. The molecule has 1 N–H and O–H groups in total. The number of hydrogen-bond donors (Lipinski definition) is 1. The van der Waals surface area contributed by atoms with Crippen molar-refractivity contribution in [3.8, 4) is 11.5 Å². The lowest BCUT2D eigenvalue weighted by Crippen LogP contribution is -2.39. The van der Waals surface area contributed by atoms with Crippen LogP contribution in [0.15, 0.2) is 96.6 Å². The van der Waals surface area contributed by atoms with E-state index in [0.717, 1.165) is 39.0 Å². The first kappa shape index (κ1) is 30.2. The fraction of sp³-hybridized carbons (Fsp3) is 0.257. The van der Waals surface area contributed by atoms with E-state index in [9.17, 15) is 14.7 Å². The Kier molecular flexibility index (Phi) is 9.86. The average Bonchev–Trinajstić information content (AvgIpc) is 2.97. The van der Waals surface area contributed by atoms with Gasteiger partial charge in [-0.15, -0.1) is 0 Å². The summed E-state index contributed by atoms with van der Waals surface area (Å²) in [6.45, 7) is 6.43. The largest absolute Gasteiger partial charge is 0.497 e. The number of methoxy groups -OCH3 is 1. The number of aromatic carboxylic acids is 1. The van der Waals surface area contributed by atoms with Gasteiger partial charge in [-0.05, 0) is 79.6 Å². The standard InChI is InChI=1S/C35H37NO6/c1-35(2,3)42-34(39)36(21-20-25-14-18-30(40-4)19-15-25)23-27(22-26-12-16-29(17-13-26)33(37)38)24-41-32-11-7-9-28-8-5-6-10-31(28)32/h5-19,22H,20-21,23-24H2,1-4H3,(H,37,38)/b27-22-. The molecule has 0 saturated carbocycles. The molecule has 0 heterocycles. The van der Waals surface area contributed by atoms with Crippen LogP contribution < -0.4 is 9.47 Å². The van der Waals surface area contributed by atoms with Gasteiger partial charge in [0.25, 0.3) is 0 Å². The number of nitrogens with zero attached hydrogens (tertiary/aromatic N) is 1. The smallest absolute Gasteiger partial charge is 0.410 e. The Morgan fingerprint density at radius 1 is 0.881 bits per heavy atom. The first-order chi connectivity index (χ1) is 20.1. The molecular formula is C35H37NO6. The van der Waals surface area contributed by atoms with Crippen LogP contribution in [0.4, 0.5) is 4.79 Å². The lowest BCUT2D eigenvalue weighted by Gasteiger charge is -2.28. The zero-order chi connectivity index (χ0) is 30.1. The average molecular weight is 568 g/mol. The Hall–Kier alpha value is -4.78. The van der Waals surface area contributed by atoms with Crippen LogP contribution in [0.5, 0.6) is 11.5 Å². The Morgan fingerprint density at radius 3 is 2.24 bits per heavy atom. The first-order valence-corrected chi connectivity index (χ1v) is 13.9. The molecule has 4 aromatic carbocycles. The summed E-state index contributed by atoms with van der Waals surface area (Å²) in [5, 5.41) is 11.4. The van der Waals surface area contributed by atoms with Crippen molar-refractivity contribution >= 4 is 28.9 Å². The van der Waals surface area contributed by atoms with E-state index >= 15 is 0 Å². The number of carboxylic acid groups (broad SMARTS) is 1. The van der Waals surface area contributed by atoms with E-state index in [2.05, 4.69) is 0 Å². The molecule has 42 heavy (non-hydrogen) atoms. The van der Waals surface area contributed by atoms with Crippen LogP contribution in [0.3, 0.4) is 0 Å². The monoisotopic (exact) mass is 567 g/mol. The van der Waals surface area contributed by atoms with Crippen molar-refractivity contribution < 1.29 is 28.9 Å². The third kappa shape index (κ3) is 8.61. The summed E-state index contributed by atoms with van der Waals surface area (Å²) in [5.74, 6) is 0.523. The predicted molar refractivity (Wildman–Crippen MR) is 165 cm³/mol. The van der Waals surface area contributed by atoms with Gasteiger partial charge in [0.05, 0.1) is 12.7 Å². The Bertz CT molecular complexity index is 1530. The van der Waals surface area contributed by atoms with E-state index in [1.54, 1.807) is 36.3 Å². The van der Waals surface area contributed by atoms with E-state index in [-0.39, 0.29) is 18.7 Å². The second kappa shape index (κ2) is 13.7. The third-order valence-electron chi connectivity index (χ3n) is 6.57. The predicted octanol–water partition coefficient (Wildman–Crippen LogP) is 7.49. The van der Waals surface area contributed by atoms with Gasteiger partial charge in [0.1, 0.15) is 23.7 Å². The van der Waals surface area contributed by atoms with Gasteiger partial charge in [-0.25, -0.2) is 9.59 Å². The van der Waals surface area contributed by atoms with Crippen LogP contribution >= 0.6 is 0 Å². The second-order valence-corrected chi connectivity index (χ2v) is 11.0. The molecule has 0 radical (unpaired) electrons. The number of carbonyl (C=O) groups is 2. The maximum absolute atomic E-state index is 13.4. The summed E-state index contributed by atoms with van der Waals surface area (Å²) in [5.41, 5.74) is 2.23. The fourth-order valence-corrected chi connectivity index (χ4v) is 4.45. The topological polar surface area (TPSA) is 85.3 Å². The highest BCUT2D eigenvalue weighted by atomic mass is 16.6. The molecule has 0 spiro atoms. The van der Waals surface area contributed by atoms with Crippen molar-refractivity contribution in [1.82, 2.24) is 4.90 Å². The van der Waals surface area contributed by atoms with E-state index in [4.69, 9.17) is 14.2 Å².